The Labute approximate surface area is 74.4 Å². The van der Waals surface area contributed by atoms with Crippen LogP contribution in [0.1, 0.15) is 5.56 Å². The van der Waals surface area contributed by atoms with Crippen LogP contribution in [-0.4, -0.2) is 14.4 Å². The van der Waals surface area contributed by atoms with Crippen molar-refractivity contribution in [3.05, 3.63) is 29.8 Å². The maximum atomic E-state index is 10.6. The first-order chi connectivity index (χ1) is 5.55. The van der Waals surface area contributed by atoms with Crippen LogP contribution >= 0.6 is 0 Å². The van der Waals surface area contributed by atoms with E-state index in [1.54, 1.807) is 0 Å². The van der Waals surface area contributed by atoms with Gasteiger partial charge >= 0.3 is 0 Å². The molecule has 0 heterocycles. The van der Waals surface area contributed by atoms with Crippen molar-refractivity contribution in [3.63, 3.8) is 0 Å². The van der Waals surface area contributed by atoms with E-state index in [9.17, 15) is 4.79 Å². The van der Waals surface area contributed by atoms with Crippen LogP contribution < -0.4 is 5.19 Å². The monoisotopic (exact) mass is 177 g/mol. The minimum atomic E-state index is -1.36. The molecule has 0 N–H and O–H groups in total. The topological polar surface area (TPSA) is 17.1 Å². The Morgan fingerprint density at radius 1 is 1.17 bits per heavy atom. The van der Waals surface area contributed by atoms with Crippen LogP contribution in [0.2, 0.25) is 19.6 Å². The predicted molar refractivity (Wildman–Crippen MR) is 54.2 cm³/mol. The fraction of sp³-hybridized carbons (Fsp3) is 0.300. The molecule has 0 saturated heterocycles. The van der Waals surface area contributed by atoms with Gasteiger partial charge in [0.25, 0.3) is 0 Å². The average Bonchev–Trinajstić information content (AvgIpc) is 2.03. The summed E-state index contributed by atoms with van der Waals surface area (Å²) in [5.74, 6) is 0. The van der Waals surface area contributed by atoms with Crippen molar-refractivity contribution < 1.29 is 4.79 Å². The Morgan fingerprint density at radius 2 is 1.75 bits per heavy atom. The highest BCUT2D eigenvalue weighted by atomic mass is 28.3. The lowest BCUT2D eigenvalue weighted by molar-refractivity contribution is 0.563. The molecule has 63 valence electrons. The molecular weight excluding hydrogens is 164 g/mol. The first-order valence-electron chi connectivity index (χ1n) is 4.03. The van der Waals surface area contributed by atoms with Crippen molar-refractivity contribution in [2.75, 3.05) is 0 Å². The van der Waals surface area contributed by atoms with E-state index < -0.39 is 8.07 Å². The highest BCUT2D eigenvalue weighted by molar-refractivity contribution is 6.89. The summed E-state index contributed by atoms with van der Waals surface area (Å²) in [7, 11) is -1.36. The van der Waals surface area contributed by atoms with Gasteiger partial charge in [0.1, 0.15) is 0 Å². The van der Waals surface area contributed by atoms with Crippen molar-refractivity contribution >= 4 is 19.5 Å². The summed E-state index contributed by atoms with van der Waals surface area (Å²) in [5.41, 5.74) is 0.733. The fourth-order valence-electron chi connectivity index (χ4n) is 1.23. The predicted octanol–water partition coefficient (Wildman–Crippen LogP) is 1.69. The molecule has 1 aromatic rings. The molecule has 2 heteroatoms. The van der Waals surface area contributed by atoms with Crippen LogP contribution in [0.4, 0.5) is 0 Å². The number of rotatable bonds is 2. The second-order valence-electron chi connectivity index (χ2n) is 3.90. The Morgan fingerprint density at radius 3 is 2.17 bits per heavy atom. The fourth-order valence-corrected chi connectivity index (χ4v) is 2.76. The molecule has 0 aliphatic rings. The molecule has 1 rings (SSSR count). The molecule has 0 bridgehead atoms. The summed E-state index contributed by atoms with van der Waals surface area (Å²) in [6, 6.07) is 7.73. The zero-order chi connectivity index (χ0) is 9.19. The Kier molecular flexibility index (Phi) is 2.48. The molecule has 0 saturated carbocycles. The third-order valence-electron chi connectivity index (χ3n) is 1.85. The van der Waals surface area contributed by atoms with Crippen LogP contribution in [0.25, 0.3) is 0 Å². The first kappa shape index (κ1) is 9.20. The molecule has 0 atom stereocenters. The van der Waals surface area contributed by atoms with E-state index in [4.69, 9.17) is 0 Å². The van der Waals surface area contributed by atoms with E-state index in [2.05, 4.69) is 19.6 Å². The molecule has 0 fully saturated rings. The van der Waals surface area contributed by atoms with Crippen molar-refractivity contribution in [3.8, 4) is 0 Å². The van der Waals surface area contributed by atoms with E-state index in [1.165, 1.54) is 5.19 Å². The van der Waals surface area contributed by atoms with Gasteiger partial charge in [0, 0.05) is 5.56 Å². The number of carbonyl (C=O) groups excluding carboxylic acids is 1. The molecular formula is C10H13OSi. The zero-order valence-electron chi connectivity index (χ0n) is 7.72. The summed E-state index contributed by atoms with van der Waals surface area (Å²) in [6.45, 7) is 6.68. The third-order valence-corrected chi connectivity index (χ3v) is 3.90. The number of hydrogen-bond donors (Lipinski definition) is 0. The standard InChI is InChI=1S/C10H13OSi/c1-12(2,3)10-7-5-4-6-9(10)8-11/h4-7H,1-3H3. The molecule has 0 aliphatic carbocycles. The number of hydrogen-bond acceptors (Lipinski definition) is 1. The minimum absolute atomic E-state index is 0.733. The molecule has 1 radical (unpaired) electrons. The lowest BCUT2D eigenvalue weighted by Crippen LogP contribution is -2.39. The van der Waals surface area contributed by atoms with Crippen LogP contribution in [0.5, 0.6) is 0 Å². The molecule has 0 unspecified atom stereocenters. The molecule has 0 aliphatic heterocycles. The maximum Gasteiger partial charge on any atom is 0.233 e. The second kappa shape index (κ2) is 3.23. The molecule has 1 aromatic carbocycles. The van der Waals surface area contributed by atoms with Gasteiger partial charge in [0.2, 0.25) is 6.29 Å². The van der Waals surface area contributed by atoms with Crippen molar-refractivity contribution in [2.45, 2.75) is 19.6 Å². The zero-order valence-corrected chi connectivity index (χ0v) is 8.72. The number of benzene rings is 1. The van der Waals surface area contributed by atoms with Gasteiger partial charge in [-0.3, -0.25) is 4.79 Å². The summed E-state index contributed by atoms with van der Waals surface area (Å²) >= 11 is 0. The van der Waals surface area contributed by atoms with E-state index in [0.717, 1.165) is 5.56 Å². The van der Waals surface area contributed by atoms with Crippen molar-refractivity contribution in [2.24, 2.45) is 0 Å². The third kappa shape index (κ3) is 1.83. The van der Waals surface area contributed by atoms with Gasteiger partial charge in [0.15, 0.2) is 0 Å². The van der Waals surface area contributed by atoms with Crippen LogP contribution in [0.3, 0.4) is 0 Å². The van der Waals surface area contributed by atoms with Crippen LogP contribution in [0, 0.1) is 0 Å². The summed E-state index contributed by atoms with van der Waals surface area (Å²) in [6.07, 6.45) is 1.99. The van der Waals surface area contributed by atoms with Gasteiger partial charge in [-0.1, -0.05) is 43.9 Å². The van der Waals surface area contributed by atoms with E-state index >= 15 is 0 Å². The molecule has 0 spiro atoms. The maximum absolute atomic E-state index is 10.6. The van der Waals surface area contributed by atoms with E-state index in [0.29, 0.717) is 0 Å². The van der Waals surface area contributed by atoms with E-state index in [-0.39, 0.29) is 0 Å². The van der Waals surface area contributed by atoms with Gasteiger partial charge in [-0.2, -0.15) is 0 Å². The summed E-state index contributed by atoms with van der Waals surface area (Å²) in [4.78, 5) is 10.6. The van der Waals surface area contributed by atoms with Gasteiger partial charge in [-0.15, -0.1) is 0 Å². The van der Waals surface area contributed by atoms with Gasteiger partial charge in [-0.05, 0) is 5.19 Å². The smallest absolute Gasteiger partial charge is 0.233 e. The lowest BCUT2D eigenvalue weighted by Gasteiger charge is -2.17. The lowest BCUT2D eigenvalue weighted by atomic mass is 10.2. The summed E-state index contributed by atoms with van der Waals surface area (Å²) < 4.78 is 0. The Hall–Kier alpha value is -0.893. The molecule has 0 amide bonds. The van der Waals surface area contributed by atoms with Gasteiger partial charge in [0.05, 0.1) is 8.07 Å². The molecule has 0 aromatic heterocycles. The van der Waals surface area contributed by atoms with Gasteiger partial charge < -0.3 is 0 Å². The minimum Gasteiger partial charge on any atom is -0.285 e. The van der Waals surface area contributed by atoms with E-state index in [1.807, 2.05) is 30.6 Å². The van der Waals surface area contributed by atoms with Gasteiger partial charge in [-0.25, -0.2) is 0 Å². The Balaban J connectivity index is 3.23. The second-order valence-corrected chi connectivity index (χ2v) is 8.94. The van der Waals surface area contributed by atoms with Crippen molar-refractivity contribution in [1.82, 2.24) is 0 Å². The normalized spacial score (nSPS) is 11.2. The largest absolute Gasteiger partial charge is 0.285 e. The molecule has 1 nitrogen and oxygen atoms in total. The Bertz CT molecular complexity index is 286. The van der Waals surface area contributed by atoms with Crippen LogP contribution in [0.15, 0.2) is 24.3 Å². The SMILES string of the molecule is C[Si](C)(C)c1ccccc1[C]=O. The summed E-state index contributed by atoms with van der Waals surface area (Å²) in [5, 5.41) is 1.19. The highest BCUT2D eigenvalue weighted by Gasteiger charge is 2.19. The first-order valence-corrected chi connectivity index (χ1v) is 7.53. The highest BCUT2D eigenvalue weighted by Crippen LogP contribution is 2.04. The molecule has 12 heavy (non-hydrogen) atoms. The van der Waals surface area contributed by atoms with Crippen molar-refractivity contribution in [1.29, 1.82) is 0 Å². The quantitative estimate of drug-likeness (QED) is 0.628. The van der Waals surface area contributed by atoms with Crippen LogP contribution in [-0.2, 0) is 4.79 Å². The average molecular weight is 177 g/mol.